The summed E-state index contributed by atoms with van der Waals surface area (Å²) >= 11 is -2.98. The molecule has 2 aromatic carbocycles. The van der Waals surface area contributed by atoms with Gasteiger partial charge in [0.2, 0.25) is 0 Å². The van der Waals surface area contributed by atoms with Crippen LogP contribution in [0, 0.1) is 17.8 Å². The summed E-state index contributed by atoms with van der Waals surface area (Å²) in [5, 5.41) is 8.21. The van der Waals surface area contributed by atoms with Crippen LogP contribution < -0.4 is 20.4 Å². The molecule has 1 saturated heterocycles. The second-order valence-electron chi connectivity index (χ2n) is 13.4. The molecule has 7 atom stereocenters. The molecule has 1 fully saturated rings. The third-order valence-electron chi connectivity index (χ3n) is 7.94. The summed E-state index contributed by atoms with van der Waals surface area (Å²) in [6, 6.07) is 13.9. The van der Waals surface area contributed by atoms with Crippen molar-refractivity contribution < 1.29 is 37.3 Å². The van der Waals surface area contributed by atoms with Crippen LogP contribution in [0.1, 0.15) is 66.9 Å². The third kappa shape index (κ3) is 11.1. The van der Waals surface area contributed by atoms with Crippen molar-refractivity contribution in [3.63, 3.8) is 0 Å². The number of carbonyl (C=O) groups excluding carboxylic acids is 5. The van der Waals surface area contributed by atoms with Crippen molar-refractivity contribution >= 4 is 48.0 Å². The Morgan fingerprint density at radius 3 is 1.73 bits per heavy atom. The second kappa shape index (κ2) is 18.0. The molecule has 0 spiro atoms. The standard InChI is InChI=1S/C36H49N3O8Se/c1-21(2)18-27-32(40)38-30(23(5)6)34(42)39-31(24(7)48(45)26-16-12-9-13-17-26)36(44)47-29(20-25-14-10-8-11-15-25)35(43)46-28(19-22(3)4)33(41)37-27/h8-17,21-24,27-31H,18-20H2,1-7H3,(H,37,41)(H,38,40)(H,39,42)/t24?,27-,28+,29+,30+,31?,48?/m1/s1. The Balaban J connectivity index is 2.13. The summed E-state index contributed by atoms with van der Waals surface area (Å²) in [5.41, 5.74) is 0.662. The van der Waals surface area contributed by atoms with Crippen molar-refractivity contribution in [2.24, 2.45) is 17.8 Å². The van der Waals surface area contributed by atoms with Gasteiger partial charge >= 0.3 is 288 Å². The normalized spacial score (nSPS) is 24.5. The maximum absolute atomic E-state index is 14.0. The Hall–Kier alpha value is -3.89. The summed E-state index contributed by atoms with van der Waals surface area (Å²) < 4.78 is 25.9. The van der Waals surface area contributed by atoms with Crippen LogP contribution in [0.2, 0.25) is 4.82 Å². The molecule has 3 unspecified atom stereocenters. The SMILES string of the molecule is CC(C)C[C@@H]1OC(=O)[C@H](Cc2ccccc2)OC(=O)C(C(C)[Se](=O)c2ccccc2)NC(=O)[C@H](C(C)C)NC(=O)[C@@H](CC(C)C)NC1=O. The number of amides is 3. The second-order valence-corrected chi connectivity index (χ2v) is 17.2. The molecule has 48 heavy (non-hydrogen) atoms. The number of benzene rings is 2. The van der Waals surface area contributed by atoms with E-state index in [1.54, 1.807) is 81.4 Å². The zero-order chi connectivity index (χ0) is 35.5. The van der Waals surface area contributed by atoms with E-state index < -0.39 is 84.6 Å². The molecule has 3 N–H and O–H groups in total. The molecule has 12 heteroatoms. The van der Waals surface area contributed by atoms with Gasteiger partial charge in [-0.2, -0.15) is 0 Å². The molecule has 1 aliphatic heterocycles. The predicted octanol–water partition coefficient (Wildman–Crippen LogP) is 2.99. The fraction of sp³-hybridized carbons (Fsp3) is 0.528. The van der Waals surface area contributed by atoms with Gasteiger partial charge in [-0.1, -0.05) is 0 Å². The Morgan fingerprint density at radius 1 is 0.625 bits per heavy atom. The fourth-order valence-electron chi connectivity index (χ4n) is 5.33. The van der Waals surface area contributed by atoms with Crippen LogP contribution >= 0.6 is 0 Å². The van der Waals surface area contributed by atoms with Crippen molar-refractivity contribution in [1.29, 1.82) is 0 Å². The van der Waals surface area contributed by atoms with Gasteiger partial charge in [-0.05, 0) is 0 Å². The van der Waals surface area contributed by atoms with Crippen molar-refractivity contribution in [2.45, 2.75) is 103 Å². The number of nitrogens with one attached hydrogen (secondary N) is 3. The average molecular weight is 731 g/mol. The Morgan fingerprint density at radius 2 is 1.17 bits per heavy atom. The van der Waals surface area contributed by atoms with Gasteiger partial charge in [0.1, 0.15) is 0 Å². The van der Waals surface area contributed by atoms with Crippen LogP contribution in [0.5, 0.6) is 0 Å². The molecule has 0 aromatic heterocycles. The first kappa shape index (κ1) is 38.6. The van der Waals surface area contributed by atoms with Gasteiger partial charge in [-0.3, -0.25) is 0 Å². The molecule has 3 rings (SSSR count). The van der Waals surface area contributed by atoms with Gasteiger partial charge in [-0.25, -0.2) is 0 Å². The quantitative estimate of drug-likeness (QED) is 0.249. The Kier molecular flexibility index (Phi) is 14.5. The van der Waals surface area contributed by atoms with E-state index in [4.69, 9.17) is 9.47 Å². The third-order valence-corrected chi connectivity index (χ3v) is 11.5. The summed E-state index contributed by atoms with van der Waals surface area (Å²) in [5.74, 6) is -4.40. The molecule has 2 aromatic rings. The molecular formula is C36H49N3O8Se. The molecular weight excluding hydrogens is 681 g/mol. The first-order chi connectivity index (χ1) is 22.7. The van der Waals surface area contributed by atoms with E-state index in [1.807, 2.05) is 27.7 Å². The number of carbonyl (C=O) groups is 5. The number of esters is 2. The van der Waals surface area contributed by atoms with E-state index in [9.17, 15) is 27.8 Å². The molecule has 0 bridgehead atoms. The number of hydrogen-bond donors (Lipinski definition) is 3. The summed E-state index contributed by atoms with van der Waals surface area (Å²) in [7, 11) is 0. The van der Waals surface area contributed by atoms with Crippen molar-refractivity contribution in [1.82, 2.24) is 16.0 Å². The molecule has 0 radical (unpaired) electrons. The zero-order valence-corrected chi connectivity index (χ0v) is 30.5. The van der Waals surface area contributed by atoms with Crippen LogP contribution in [0.3, 0.4) is 0 Å². The fourth-order valence-corrected chi connectivity index (χ4v) is 8.02. The van der Waals surface area contributed by atoms with Crippen LogP contribution in [-0.2, 0) is 43.7 Å². The molecule has 1 heterocycles. The molecule has 3 amide bonds. The minimum absolute atomic E-state index is 0.0106. The summed E-state index contributed by atoms with van der Waals surface area (Å²) in [6.07, 6.45) is -2.45. The predicted molar refractivity (Wildman–Crippen MR) is 181 cm³/mol. The minimum atomic E-state index is -2.98. The van der Waals surface area contributed by atoms with Gasteiger partial charge in [0, 0.05) is 0 Å². The van der Waals surface area contributed by atoms with E-state index in [0.717, 1.165) is 0 Å². The van der Waals surface area contributed by atoms with Gasteiger partial charge in [0.05, 0.1) is 0 Å². The monoisotopic (exact) mass is 731 g/mol. The number of cyclic esters (lactones) is 2. The van der Waals surface area contributed by atoms with Gasteiger partial charge in [-0.15, -0.1) is 0 Å². The first-order valence-electron chi connectivity index (χ1n) is 16.5. The van der Waals surface area contributed by atoms with Crippen molar-refractivity contribution in [2.75, 3.05) is 0 Å². The summed E-state index contributed by atoms with van der Waals surface area (Å²) in [4.78, 5) is 68.1. The van der Waals surface area contributed by atoms with E-state index in [0.29, 0.717) is 10.0 Å². The first-order valence-corrected chi connectivity index (χ1v) is 19.0. The molecule has 0 aliphatic carbocycles. The molecule has 0 saturated carbocycles. The van der Waals surface area contributed by atoms with Crippen LogP contribution in [0.4, 0.5) is 0 Å². The van der Waals surface area contributed by atoms with E-state index >= 15 is 0 Å². The van der Waals surface area contributed by atoms with Gasteiger partial charge in [0.25, 0.3) is 0 Å². The van der Waals surface area contributed by atoms with Crippen LogP contribution in [-0.4, -0.2) is 73.8 Å². The van der Waals surface area contributed by atoms with E-state index in [-0.39, 0.29) is 31.1 Å². The van der Waals surface area contributed by atoms with Gasteiger partial charge in [0.15, 0.2) is 0 Å². The molecule has 1 aliphatic rings. The Labute approximate surface area is 287 Å². The van der Waals surface area contributed by atoms with Gasteiger partial charge < -0.3 is 0 Å². The average Bonchev–Trinajstić information content (AvgIpc) is 3.04. The van der Waals surface area contributed by atoms with Crippen molar-refractivity contribution in [3.05, 3.63) is 66.2 Å². The summed E-state index contributed by atoms with van der Waals surface area (Å²) in [6.45, 7) is 12.6. The number of hydrogen-bond acceptors (Lipinski definition) is 8. The molecule has 11 nitrogen and oxygen atoms in total. The van der Waals surface area contributed by atoms with Crippen molar-refractivity contribution in [3.8, 4) is 0 Å². The Bertz CT molecular complexity index is 1430. The van der Waals surface area contributed by atoms with Crippen LogP contribution in [0.15, 0.2) is 60.7 Å². The molecule has 262 valence electrons. The zero-order valence-electron chi connectivity index (χ0n) is 28.8. The number of rotatable bonds is 10. The van der Waals surface area contributed by atoms with Crippen LogP contribution in [0.25, 0.3) is 0 Å². The van der Waals surface area contributed by atoms with E-state index in [2.05, 4.69) is 16.0 Å². The maximum atomic E-state index is 14.0. The topological polar surface area (TPSA) is 157 Å². The number of ether oxygens (including phenoxy) is 2. The van der Waals surface area contributed by atoms with E-state index in [1.165, 1.54) is 0 Å².